The first-order chi connectivity index (χ1) is 21.4. The maximum Gasteiger partial charge on any atom is 0.410 e. The summed E-state index contributed by atoms with van der Waals surface area (Å²) in [5, 5.41) is 3.02. The van der Waals surface area contributed by atoms with Gasteiger partial charge in [-0.1, -0.05) is 54.6 Å². The van der Waals surface area contributed by atoms with E-state index in [1.54, 1.807) is 18.1 Å². The summed E-state index contributed by atoms with van der Waals surface area (Å²) >= 11 is 0. The van der Waals surface area contributed by atoms with Crippen LogP contribution in [-0.4, -0.2) is 73.9 Å². The van der Waals surface area contributed by atoms with Gasteiger partial charge >= 0.3 is 18.1 Å². The summed E-state index contributed by atoms with van der Waals surface area (Å²) in [4.78, 5) is 42.3. The Labute approximate surface area is 257 Å². The van der Waals surface area contributed by atoms with Crippen molar-refractivity contribution < 1.29 is 33.3 Å². The molecule has 0 radical (unpaired) electrons. The van der Waals surface area contributed by atoms with Crippen LogP contribution in [0.5, 0.6) is 11.5 Å². The topological polar surface area (TPSA) is 107 Å². The van der Waals surface area contributed by atoms with Crippen LogP contribution in [-0.2, 0) is 33.7 Å². The minimum Gasteiger partial charge on any atom is -0.493 e. The highest BCUT2D eigenvalue weighted by molar-refractivity contribution is 5.91. The molecule has 44 heavy (non-hydrogen) atoms. The summed E-state index contributed by atoms with van der Waals surface area (Å²) in [6, 6.07) is 21.2. The third-order valence-electron chi connectivity index (χ3n) is 8.18. The quantitative estimate of drug-likeness (QED) is 0.329. The van der Waals surface area contributed by atoms with Crippen LogP contribution in [0, 0.1) is 6.92 Å². The molecular weight excluding hydrogens is 562 g/mol. The molecule has 3 amide bonds. The molecule has 1 unspecified atom stereocenters. The molecule has 1 N–H and O–H groups in total. The van der Waals surface area contributed by atoms with Crippen LogP contribution in [0.1, 0.15) is 35.1 Å². The van der Waals surface area contributed by atoms with Gasteiger partial charge in [-0.05, 0) is 60.6 Å². The number of urea groups is 1. The first-order valence-corrected chi connectivity index (χ1v) is 14.9. The predicted octanol–water partition coefficient (Wildman–Crippen LogP) is 5.36. The summed E-state index contributed by atoms with van der Waals surface area (Å²) in [7, 11) is 2.83. The van der Waals surface area contributed by atoms with Crippen molar-refractivity contribution in [3.05, 3.63) is 89.0 Å². The van der Waals surface area contributed by atoms with E-state index in [1.165, 1.54) is 7.11 Å². The van der Waals surface area contributed by atoms with E-state index in [0.717, 1.165) is 34.4 Å². The zero-order valence-electron chi connectivity index (χ0n) is 25.4. The minimum atomic E-state index is -1.14. The lowest BCUT2D eigenvalue weighted by Crippen LogP contribution is -2.50. The third-order valence-corrected chi connectivity index (χ3v) is 8.18. The molecule has 0 aromatic heterocycles. The van der Waals surface area contributed by atoms with E-state index in [4.69, 9.17) is 18.9 Å². The molecular formula is C34H39N3O7. The Balaban J connectivity index is 1.19. The summed E-state index contributed by atoms with van der Waals surface area (Å²) in [6.07, 6.45) is 0.381. The highest BCUT2D eigenvalue weighted by atomic mass is 16.6. The lowest BCUT2D eigenvalue weighted by atomic mass is 10.0. The number of likely N-dealkylation sites (tertiary alicyclic amines) is 1. The number of hydrogen-bond donors (Lipinski definition) is 1. The van der Waals surface area contributed by atoms with Crippen molar-refractivity contribution >= 4 is 23.8 Å². The molecule has 3 aromatic carbocycles. The monoisotopic (exact) mass is 601 g/mol. The second-order valence-corrected chi connectivity index (χ2v) is 11.1. The van der Waals surface area contributed by atoms with E-state index >= 15 is 0 Å². The van der Waals surface area contributed by atoms with E-state index in [-0.39, 0.29) is 18.5 Å². The van der Waals surface area contributed by atoms with E-state index in [9.17, 15) is 14.4 Å². The van der Waals surface area contributed by atoms with E-state index < -0.39 is 18.2 Å². The fourth-order valence-electron chi connectivity index (χ4n) is 5.81. The molecule has 5 rings (SSSR count). The van der Waals surface area contributed by atoms with Crippen LogP contribution >= 0.6 is 0 Å². The van der Waals surface area contributed by atoms with Crippen LogP contribution in [0.3, 0.4) is 0 Å². The van der Waals surface area contributed by atoms with Gasteiger partial charge in [0, 0.05) is 37.8 Å². The molecule has 1 fully saturated rings. The number of piperidine rings is 1. The Bertz CT molecular complexity index is 1470. The molecule has 10 heteroatoms. The zero-order chi connectivity index (χ0) is 31.1. The van der Waals surface area contributed by atoms with Crippen LogP contribution in [0.15, 0.2) is 66.7 Å². The Hall–Kier alpha value is -4.73. The Morgan fingerprint density at radius 3 is 2.41 bits per heavy atom. The second kappa shape index (κ2) is 14.2. The minimum absolute atomic E-state index is 0.00262. The number of methoxy groups -OCH3 is 2. The molecule has 0 spiro atoms. The Morgan fingerprint density at radius 1 is 0.955 bits per heavy atom. The van der Waals surface area contributed by atoms with Gasteiger partial charge in [-0.2, -0.15) is 0 Å². The van der Waals surface area contributed by atoms with Crippen molar-refractivity contribution in [2.75, 3.05) is 39.2 Å². The summed E-state index contributed by atoms with van der Waals surface area (Å²) in [6.45, 7) is 3.72. The molecule has 2 aliphatic rings. The van der Waals surface area contributed by atoms with Crippen molar-refractivity contribution in [2.45, 2.75) is 51.4 Å². The lowest BCUT2D eigenvalue weighted by Gasteiger charge is -2.37. The predicted molar refractivity (Wildman–Crippen MR) is 165 cm³/mol. The fourth-order valence-corrected chi connectivity index (χ4v) is 5.81. The summed E-state index contributed by atoms with van der Waals surface area (Å²) < 4.78 is 22.3. The number of nitrogens with zero attached hydrogens (tertiary/aromatic N) is 2. The van der Waals surface area contributed by atoms with Gasteiger partial charge in [0.2, 0.25) is 6.10 Å². The Morgan fingerprint density at radius 2 is 1.68 bits per heavy atom. The average molecular weight is 602 g/mol. The zero-order valence-corrected chi connectivity index (χ0v) is 25.4. The number of para-hydroxylation sites is 1. The second-order valence-electron chi connectivity index (χ2n) is 11.1. The van der Waals surface area contributed by atoms with E-state index in [2.05, 4.69) is 5.32 Å². The molecule has 0 bridgehead atoms. The highest BCUT2D eigenvalue weighted by Gasteiger charge is 2.34. The van der Waals surface area contributed by atoms with Gasteiger partial charge in [-0.3, -0.25) is 0 Å². The van der Waals surface area contributed by atoms with Gasteiger partial charge in [0.05, 0.1) is 14.2 Å². The fraction of sp³-hybridized carbons (Fsp3) is 0.382. The molecule has 2 heterocycles. The van der Waals surface area contributed by atoms with Crippen molar-refractivity contribution in [1.82, 2.24) is 9.80 Å². The highest BCUT2D eigenvalue weighted by Crippen LogP contribution is 2.34. The standard InChI is InChI=1S/C34H39N3O7/c1-23-19-25(20-29(41-2)31(23)43-22-24-9-5-4-6-10-24)21-30(32(38)42-3)44-34(40)36-16-14-27(15-17-36)37-18-13-26-11-7-8-12-28(26)35-33(37)39/h4-12,19-20,27,30H,13-18,21-22H2,1-3H3,(H,35,39). The van der Waals surface area contributed by atoms with Gasteiger partial charge in [-0.25, -0.2) is 14.4 Å². The number of esters is 1. The number of anilines is 1. The van der Waals surface area contributed by atoms with Crippen LogP contribution in [0.25, 0.3) is 0 Å². The smallest absolute Gasteiger partial charge is 0.410 e. The van der Waals surface area contributed by atoms with Crippen LogP contribution in [0.2, 0.25) is 0 Å². The van der Waals surface area contributed by atoms with Gasteiger partial charge in [0.15, 0.2) is 11.5 Å². The normalized spacial score (nSPS) is 15.8. The molecule has 2 aliphatic heterocycles. The van der Waals surface area contributed by atoms with Gasteiger partial charge in [0.1, 0.15) is 6.61 Å². The maximum atomic E-state index is 13.2. The van der Waals surface area contributed by atoms with Gasteiger partial charge in [0.25, 0.3) is 0 Å². The van der Waals surface area contributed by atoms with Crippen molar-refractivity contribution in [2.24, 2.45) is 0 Å². The third kappa shape index (κ3) is 7.24. The number of rotatable bonds is 9. The summed E-state index contributed by atoms with van der Waals surface area (Å²) in [5.41, 5.74) is 4.55. The number of hydrogen-bond acceptors (Lipinski definition) is 7. The molecule has 1 atom stereocenters. The number of carbonyl (C=O) groups excluding carboxylic acids is 3. The van der Waals surface area contributed by atoms with Gasteiger partial charge < -0.3 is 34.1 Å². The van der Waals surface area contributed by atoms with E-state index in [0.29, 0.717) is 50.6 Å². The van der Waals surface area contributed by atoms with Crippen molar-refractivity contribution in [3.8, 4) is 11.5 Å². The molecule has 10 nitrogen and oxygen atoms in total. The van der Waals surface area contributed by atoms with Crippen molar-refractivity contribution in [1.29, 1.82) is 0 Å². The molecule has 0 saturated carbocycles. The molecule has 1 saturated heterocycles. The molecule has 232 valence electrons. The van der Waals surface area contributed by atoms with Crippen LogP contribution < -0.4 is 14.8 Å². The lowest BCUT2D eigenvalue weighted by molar-refractivity contribution is -0.151. The number of aryl methyl sites for hydroxylation is 1. The summed E-state index contributed by atoms with van der Waals surface area (Å²) in [5.74, 6) is 0.486. The van der Waals surface area contributed by atoms with Gasteiger partial charge in [-0.15, -0.1) is 0 Å². The average Bonchev–Trinajstić information content (AvgIpc) is 3.21. The SMILES string of the molecule is COC(=O)C(Cc1cc(C)c(OCc2ccccc2)c(OC)c1)OC(=O)N1CCC(N2CCc3ccccc3NC2=O)CC1. The maximum absolute atomic E-state index is 13.2. The number of benzene rings is 3. The van der Waals surface area contributed by atoms with E-state index in [1.807, 2.05) is 72.5 Å². The van der Waals surface area contributed by atoms with Crippen LogP contribution in [0.4, 0.5) is 15.3 Å². The number of carbonyl (C=O) groups is 3. The first kappa shape index (κ1) is 30.7. The van der Waals surface area contributed by atoms with Crippen molar-refractivity contribution in [3.63, 3.8) is 0 Å². The first-order valence-electron chi connectivity index (χ1n) is 14.9. The number of nitrogens with one attached hydrogen (secondary N) is 1. The molecule has 3 aromatic rings. The molecule has 0 aliphatic carbocycles. The largest absolute Gasteiger partial charge is 0.493 e. The Kier molecular flexibility index (Phi) is 9.89. The number of ether oxygens (including phenoxy) is 4. The number of fused-ring (bicyclic) bond motifs is 1. The number of amides is 3.